The monoisotopic (exact) mass is 359 g/mol. The first-order valence-electron chi connectivity index (χ1n) is 7.34. The lowest BCUT2D eigenvalue weighted by Gasteiger charge is -2.10. The van der Waals surface area contributed by atoms with Gasteiger partial charge in [0.1, 0.15) is 4.83 Å². The van der Waals surface area contributed by atoms with Crippen LogP contribution in [0.4, 0.5) is 10.5 Å². The predicted octanol–water partition coefficient (Wildman–Crippen LogP) is 3.33. The number of hydrogen-bond acceptors (Lipinski definition) is 7. The Kier molecular flexibility index (Phi) is 4.37. The van der Waals surface area contributed by atoms with Gasteiger partial charge in [-0.05, 0) is 36.8 Å². The fourth-order valence-electron chi connectivity index (χ4n) is 2.60. The summed E-state index contributed by atoms with van der Waals surface area (Å²) in [5.41, 5.74) is 14.0. The number of fused-ring (bicyclic) bond motifs is 1. The Balaban J connectivity index is 2.14. The standard InChI is InChI=1S/C17H17N3O4S/c1-8-6-10(9-4-5-11(22-2)12(7-9)23-3)20-15-13(8)14(18)16(25-15)24-17(19)21/h4-7H,18H2,1-3H3,(H2,19,21). The number of nitrogen functional groups attached to an aromatic ring is 1. The first-order chi connectivity index (χ1) is 11.9. The highest BCUT2D eigenvalue weighted by molar-refractivity contribution is 7.21. The van der Waals surface area contributed by atoms with Gasteiger partial charge in [-0.3, -0.25) is 0 Å². The summed E-state index contributed by atoms with van der Waals surface area (Å²) in [6.07, 6.45) is -0.906. The zero-order valence-corrected chi connectivity index (χ0v) is 14.8. The van der Waals surface area contributed by atoms with Crippen molar-refractivity contribution in [3.63, 3.8) is 0 Å². The molecule has 8 heteroatoms. The number of ether oxygens (including phenoxy) is 3. The molecule has 0 atom stereocenters. The molecule has 0 radical (unpaired) electrons. The van der Waals surface area contributed by atoms with Crippen LogP contribution in [0, 0.1) is 6.92 Å². The molecule has 0 unspecified atom stereocenters. The smallest absolute Gasteiger partial charge is 0.410 e. The highest BCUT2D eigenvalue weighted by Gasteiger charge is 2.17. The molecule has 2 heterocycles. The number of aromatic nitrogens is 1. The Bertz CT molecular complexity index is 968. The largest absolute Gasteiger partial charge is 0.493 e. The minimum Gasteiger partial charge on any atom is -0.493 e. The van der Waals surface area contributed by atoms with E-state index in [0.29, 0.717) is 22.0 Å². The number of nitrogens with zero attached hydrogens (tertiary/aromatic N) is 1. The number of thiophene rings is 1. The Morgan fingerprint density at radius 3 is 2.52 bits per heavy atom. The number of nitrogens with two attached hydrogens (primary N) is 2. The summed E-state index contributed by atoms with van der Waals surface area (Å²) in [4.78, 5) is 16.3. The molecule has 0 saturated carbocycles. The van der Waals surface area contributed by atoms with Crippen LogP contribution in [0.3, 0.4) is 0 Å². The third-order valence-corrected chi connectivity index (χ3v) is 4.71. The lowest BCUT2D eigenvalue weighted by Crippen LogP contribution is -2.16. The molecule has 25 heavy (non-hydrogen) atoms. The van der Waals surface area contributed by atoms with Crippen molar-refractivity contribution in [3.8, 4) is 27.8 Å². The van der Waals surface area contributed by atoms with Crippen LogP contribution in [0.2, 0.25) is 0 Å². The molecule has 2 aromatic heterocycles. The number of primary amides is 1. The van der Waals surface area contributed by atoms with Crippen LogP contribution >= 0.6 is 11.3 Å². The van der Waals surface area contributed by atoms with Gasteiger partial charge in [-0.2, -0.15) is 0 Å². The van der Waals surface area contributed by atoms with Crippen molar-refractivity contribution >= 4 is 33.3 Å². The average Bonchev–Trinajstić information content (AvgIpc) is 2.89. The second-order valence-electron chi connectivity index (χ2n) is 5.30. The molecule has 0 aliphatic rings. The minimum atomic E-state index is -0.906. The van der Waals surface area contributed by atoms with E-state index in [1.54, 1.807) is 14.2 Å². The van der Waals surface area contributed by atoms with E-state index in [9.17, 15) is 4.79 Å². The van der Waals surface area contributed by atoms with Gasteiger partial charge in [0.25, 0.3) is 0 Å². The minimum absolute atomic E-state index is 0.252. The molecule has 130 valence electrons. The van der Waals surface area contributed by atoms with Gasteiger partial charge < -0.3 is 25.7 Å². The van der Waals surface area contributed by atoms with E-state index in [0.717, 1.165) is 22.2 Å². The fraction of sp³-hybridized carbons (Fsp3) is 0.176. The van der Waals surface area contributed by atoms with Gasteiger partial charge >= 0.3 is 6.09 Å². The van der Waals surface area contributed by atoms with Gasteiger partial charge in [0.2, 0.25) is 5.06 Å². The zero-order valence-electron chi connectivity index (χ0n) is 14.0. The Morgan fingerprint density at radius 1 is 1.16 bits per heavy atom. The average molecular weight is 359 g/mol. The van der Waals surface area contributed by atoms with E-state index >= 15 is 0 Å². The van der Waals surface area contributed by atoms with Crippen molar-refractivity contribution < 1.29 is 19.0 Å². The van der Waals surface area contributed by atoms with Crippen LogP contribution in [-0.2, 0) is 0 Å². The van der Waals surface area contributed by atoms with Crippen molar-refractivity contribution in [3.05, 3.63) is 29.8 Å². The third kappa shape index (κ3) is 3.03. The van der Waals surface area contributed by atoms with Gasteiger partial charge in [-0.1, -0.05) is 11.3 Å². The number of pyridine rings is 1. The van der Waals surface area contributed by atoms with Gasteiger partial charge in [-0.15, -0.1) is 0 Å². The lowest BCUT2D eigenvalue weighted by molar-refractivity contribution is 0.212. The summed E-state index contributed by atoms with van der Waals surface area (Å²) in [7, 11) is 3.16. The van der Waals surface area contributed by atoms with E-state index < -0.39 is 6.09 Å². The topological polar surface area (TPSA) is 110 Å². The Hall–Kier alpha value is -3.00. The highest BCUT2D eigenvalue weighted by atomic mass is 32.1. The number of aryl methyl sites for hydroxylation is 1. The van der Waals surface area contributed by atoms with E-state index in [-0.39, 0.29) is 5.06 Å². The summed E-state index contributed by atoms with van der Waals surface area (Å²) in [6.45, 7) is 1.92. The number of hydrogen-bond donors (Lipinski definition) is 2. The SMILES string of the molecule is COc1ccc(-c2cc(C)c3c(N)c(OC(N)=O)sc3n2)cc1OC. The van der Waals surface area contributed by atoms with Crippen LogP contribution in [0.25, 0.3) is 21.5 Å². The maximum Gasteiger partial charge on any atom is 0.410 e. The normalized spacial score (nSPS) is 10.7. The van der Waals surface area contributed by atoms with Crippen molar-refractivity contribution in [2.24, 2.45) is 5.73 Å². The number of benzene rings is 1. The number of rotatable bonds is 4. The van der Waals surface area contributed by atoms with Crippen molar-refractivity contribution in [1.82, 2.24) is 4.98 Å². The van der Waals surface area contributed by atoms with E-state index in [1.165, 1.54) is 11.3 Å². The number of anilines is 1. The number of methoxy groups -OCH3 is 2. The van der Waals surface area contributed by atoms with Gasteiger partial charge in [-0.25, -0.2) is 9.78 Å². The molecular formula is C17H17N3O4S. The highest BCUT2D eigenvalue weighted by Crippen LogP contribution is 2.42. The zero-order chi connectivity index (χ0) is 18.1. The van der Waals surface area contributed by atoms with Gasteiger partial charge in [0, 0.05) is 10.9 Å². The molecule has 1 amide bonds. The Labute approximate surface area is 148 Å². The van der Waals surface area contributed by atoms with Gasteiger partial charge in [0.15, 0.2) is 11.5 Å². The second kappa shape index (κ2) is 6.48. The van der Waals surface area contributed by atoms with Crippen molar-refractivity contribution in [1.29, 1.82) is 0 Å². The molecule has 3 rings (SSSR count). The Morgan fingerprint density at radius 2 is 1.88 bits per heavy atom. The molecule has 0 bridgehead atoms. The molecule has 7 nitrogen and oxygen atoms in total. The predicted molar refractivity (Wildman–Crippen MR) is 97.5 cm³/mol. The molecule has 0 aliphatic heterocycles. The molecule has 0 fully saturated rings. The maximum atomic E-state index is 11.0. The number of carbonyl (C=O) groups excluding carboxylic acids is 1. The molecule has 0 spiro atoms. The fourth-order valence-corrected chi connectivity index (χ4v) is 3.63. The third-order valence-electron chi connectivity index (χ3n) is 3.73. The van der Waals surface area contributed by atoms with Crippen molar-refractivity contribution in [2.45, 2.75) is 6.92 Å². The summed E-state index contributed by atoms with van der Waals surface area (Å²) in [6, 6.07) is 7.48. The first-order valence-corrected chi connectivity index (χ1v) is 8.15. The first kappa shape index (κ1) is 16.8. The molecule has 3 aromatic rings. The number of amides is 1. The summed E-state index contributed by atoms with van der Waals surface area (Å²) >= 11 is 1.18. The van der Waals surface area contributed by atoms with Gasteiger partial charge in [0.05, 0.1) is 25.6 Å². The quantitative estimate of drug-likeness (QED) is 0.739. The molecule has 4 N–H and O–H groups in total. The van der Waals surface area contributed by atoms with Crippen LogP contribution in [0.15, 0.2) is 24.3 Å². The van der Waals surface area contributed by atoms with Crippen LogP contribution < -0.4 is 25.7 Å². The molecule has 0 aliphatic carbocycles. The van der Waals surface area contributed by atoms with Crippen molar-refractivity contribution in [2.75, 3.05) is 20.0 Å². The van der Waals surface area contributed by atoms with E-state index in [4.69, 9.17) is 25.7 Å². The molecule has 1 aromatic carbocycles. The van der Waals surface area contributed by atoms with E-state index in [1.807, 2.05) is 31.2 Å². The summed E-state index contributed by atoms with van der Waals surface area (Å²) in [5, 5.41) is 1.01. The van der Waals surface area contributed by atoms with Crippen LogP contribution in [-0.4, -0.2) is 25.3 Å². The molecule has 0 saturated heterocycles. The van der Waals surface area contributed by atoms with Crippen LogP contribution in [0.1, 0.15) is 5.56 Å². The number of carbonyl (C=O) groups is 1. The summed E-state index contributed by atoms with van der Waals surface area (Å²) < 4.78 is 15.6. The molecular weight excluding hydrogens is 342 g/mol. The second-order valence-corrected chi connectivity index (χ2v) is 6.26. The lowest BCUT2D eigenvalue weighted by atomic mass is 10.1. The van der Waals surface area contributed by atoms with E-state index in [2.05, 4.69) is 4.98 Å². The van der Waals surface area contributed by atoms with Crippen LogP contribution in [0.5, 0.6) is 16.6 Å². The maximum absolute atomic E-state index is 11.0. The summed E-state index contributed by atoms with van der Waals surface area (Å²) in [5.74, 6) is 1.25.